The van der Waals surface area contributed by atoms with Crippen LogP contribution in [0.25, 0.3) is 0 Å². The van der Waals surface area contributed by atoms with Gasteiger partial charge in [0.1, 0.15) is 0 Å². The topological polar surface area (TPSA) is 64.7 Å². The Labute approximate surface area is 149 Å². The Morgan fingerprint density at radius 1 is 0.840 bits per heavy atom. The summed E-state index contributed by atoms with van der Waals surface area (Å²) in [6.07, 6.45) is 2.54. The van der Waals surface area contributed by atoms with Gasteiger partial charge in [-0.3, -0.25) is 4.72 Å². The number of anilines is 4. The molecule has 0 amide bonds. The van der Waals surface area contributed by atoms with Crippen LogP contribution in [-0.2, 0) is 10.2 Å². The predicted octanol–water partition coefficient (Wildman–Crippen LogP) is 3.25. The summed E-state index contributed by atoms with van der Waals surface area (Å²) in [7, 11) is -0.497. The molecule has 0 unspecified atom stereocenters. The molecule has 7 heteroatoms. The van der Waals surface area contributed by atoms with Crippen LogP contribution in [0.4, 0.5) is 22.7 Å². The van der Waals surface area contributed by atoms with Gasteiger partial charge in [-0.1, -0.05) is 0 Å². The van der Waals surface area contributed by atoms with Gasteiger partial charge in [0.2, 0.25) is 0 Å². The predicted molar refractivity (Wildman–Crippen MR) is 104 cm³/mol. The molecule has 3 rings (SSSR count). The smallest absolute Gasteiger partial charge is 0.301 e. The first kappa shape index (κ1) is 17.6. The fraction of sp³-hybridized carbons (Fsp3) is 0.333. The Kier molecular flexibility index (Phi) is 5.15. The minimum atomic E-state index is -3.48. The standard InChI is InChI=1S/C18H24N4O2S/c1-21(2)25(23,24)20-17-7-5-15(6-8-17)19-16-9-11-18(12-10-16)22-13-3-4-14-22/h5-12,19-20H,3-4,13-14H2,1-2H3. The van der Waals surface area contributed by atoms with Crippen molar-refractivity contribution < 1.29 is 8.42 Å². The molecule has 1 aliphatic rings. The molecule has 0 radical (unpaired) electrons. The molecule has 0 atom stereocenters. The van der Waals surface area contributed by atoms with E-state index in [9.17, 15) is 8.42 Å². The number of nitrogens with zero attached hydrogens (tertiary/aromatic N) is 2. The average molecular weight is 360 g/mol. The molecular weight excluding hydrogens is 336 g/mol. The maximum Gasteiger partial charge on any atom is 0.301 e. The highest BCUT2D eigenvalue weighted by Crippen LogP contribution is 2.24. The van der Waals surface area contributed by atoms with Crippen molar-refractivity contribution in [2.45, 2.75) is 12.8 Å². The lowest BCUT2D eigenvalue weighted by Gasteiger charge is -2.18. The van der Waals surface area contributed by atoms with Crippen LogP contribution in [0.2, 0.25) is 0 Å². The second kappa shape index (κ2) is 7.33. The van der Waals surface area contributed by atoms with Crippen LogP contribution in [-0.4, -0.2) is 39.9 Å². The van der Waals surface area contributed by atoms with Crippen molar-refractivity contribution in [3.05, 3.63) is 48.5 Å². The van der Waals surface area contributed by atoms with Crippen molar-refractivity contribution >= 4 is 33.0 Å². The first-order valence-corrected chi connectivity index (χ1v) is 9.80. The van der Waals surface area contributed by atoms with Gasteiger partial charge in [0.15, 0.2) is 0 Å². The number of nitrogens with one attached hydrogen (secondary N) is 2. The molecule has 0 aliphatic carbocycles. The monoisotopic (exact) mass is 360 g/mol. The van der Waals surface area contributed by atoms with E-state index in [1.165, 1.54) is 32.6 Å². The summed E-state index contributed by atoms with van der Waals surface area (Å²) in [6.45, 7) is 2.27. The maximum absolute atomic E-state index is 11.8. The Morgan fingerprint density at radius 2 is 1.32 bits per heavy atom. The van der Waals surface area contributed by atoms with Crippen LogP contribution in [0.1, 0.15) is 12.8 Å². The van der Waals surface area contributed by atoms with Crippen molar-refractivity contribution in [2.24, 2.45) is 0 Å². The quantitative estimate of drug-likeness (QED) is 0.830. The van der Waals surface area contributed by atoms with Crippen molar-refractivity contribution in [3.8, 4) is 0 Å². The molecule has 1 heterocycles. The number of hydrogen-bond donors (Lipinski definition) is 2. The van der Waals surface area contributed by atoms with Crippen molar-refractivity contribution in [2.75, 3.05) is 42.1 Å². The normalized spacial score (nSPS) is 14.8. The first-order chi connectivity index (χ1) is 11.9. The lowest BCUT2D eigenvalue weighted by Crippen LogP contribution is -2.28. The van der Waals surface area contributed by atoms with E-state index in [1.54, 1.807) is 12.1 Å². The Bertz CT molecular complexity index is 796. The van der Waals surface area contributed by atoms with Crippen LogP contribution in [0, 0.1) is 0 Å². The summed E-state index contributed by atoms with van der Waals surface area (Å²) in [5, 5.41) is 3.33. The lowest BCUT2D eigenvalue weighted by atomic mass is 10.2. The SMILES string of the molecule is CN(C)S(=O)(=O)Nc1ccc(Nc2ccc(N3CCCC3)cc2)cc1. The molecule has 25 heavy (non-hydrogen) atoms. The number of rotatable bonds is 6. The molecule has 0 aromatic heterocycles. The number of benzene rings is 2. The summed E-state index contributed by atoms with van der Waals surface area (Å²) in [4.78, 5) is 2.40. The van der Waals surface area contributed by atoms with Gasteiger partial charge in [-0.15, -0.1) is 0 Å². The van der Waals surface area contributed by atoms with Crippen molar-refractivity contribution in [1.82, 2.24) is 4.31 Å². The summed E-state index contributed by atoms with van der Waals surface area (Å²) in [5.74, 6) is 0. The Balaban J connectivity index is 1.63. The van der Waals surface area contributed by atoms with E-state index in [4.69, 9.17) is 0 Å². The molecule has 1 fully saturated rings. The summed E-state index contributed by atoms with van der Waals surface area (Å²) in [6, 6.07) is 15.6. The highest BCUT2D eigenvalue weighted by Gasteiger charge is 2.13. The molecule has 0 bridgehead atoms. The zero-order chi connectivity index (χ0) is 17.9. The minimum Gasteiger partial charge on any atom is -0.372 e. The van der Waals surface area contributed by atoms with E-state index in [0.29, 0.717) is 5.69 Å². The van der Waals surface area contributed by atoms with E-state index in [0.717, 1.165) is 28.8 Å². The summed E-state index contributed by atoms with van der Waals surface area (Å²) >= 11 is 0. The van der Waals surface area contributed by atoms with E-state index in [-0.39, 0.29) is 0 Å². The molecule has 6 nitrogen and oxygen atoms in total. The molecule has 2 aromatic carbocycles. The average Bonchev–Trinajstić information content (AvgIpc) is 3.11. The maximum atomic E-state index is 11.8. The van der Waals surface area contributed by atoms with Crippen LogP contribution in [0.15, 0.2) is 48.5 Å². The largest absolute Gasteiger partial charge is 0.372 e. The van der Waals surface area contributed by atoms with E-state index >= 15 is 0 Å². The van der Waals surface area contributed by atoms with Gasteiger partial charge in [0.05, 0.1) is 0 Å². The van der Waals surface area contributed by atoms with Crippen LogP contribution in [0.3, 0.4) is 0 Å². The fourth-order valence-electron chi connectivity index (χ4n) is 2.76. The van der Waals surface area contributed by atoms with Crippen LogP contribution < -0.4 is 14.9 Å². The highest BCUT2D eigenvalue weighted by molar-refractivity contribution is 7.90. The third-order valence-electron chi connectivity index (χ3n) is 4.24. The molecule has 1 aliphatic heterocycles. The van der Waals surface area contributed by atoms with Gasteiger partial charge >= 0.3 is 10.2 Å². The summed E-state index contributed by atoms with van der Waals surface area (Å²) < 4.78 is 27.3. The van der Waals surface area contributed by atoms with Crippen LogP contribution in [0.5, 0.6) is 0 Å². The Morgan fingerprint density at radius 3 is 1.84 bits per heavy atom. The lowest BCUT2D eigenvalue weighted by molar-refractivity contribution is 0.527. The molecule has 0 saturated carbocycles. The van der Waals surface area contributed by atoms with E-state index in [2.05, 4.69) is 39.2 Å². The van der Waals surface area contributed by atoms with Gasteiger partial charge in [-0.25, -0.2) is 0 Å². The van der Waals surface area contributed by atoms with Crippen molar-refractivity contribution in [3.63, 3.8) is 0 Å². The molecule has 0 spiro atoms. The summed E-state index contributed by atoms with van der Waals surface area (Å²) in [5.41, 5.74) is 3.70. The van der Waals surface area contributed by atoms with Crippen LogP contribution >= 0.6 is 0 Å². The third-order valence-corrected chi connectivity index (χ3v) is 5.69. The molecule has 2 aromatic rings. The molecule has 1 saturated heterocycles. The minimum absolute atomic E-state index is 0.531. The van der Waals surface area contributed by atoms with Gasteiger partial charge in [0, 0.05) is 49.9 Å². The first-order valence-electron chi connectivity index (χ1n) is 8.36. The van der Waals surface area contributed by atoms with Gasteiger partial charge in [0.25, 0.3) is 0 Å². The second-order valence-corrected chi connectivity index (χ2v) is 8.22. The fourth-order valence-corrected chi connectivity index (χ4v) is 3.38. The molecule has 2 N–H and O–H groups in total. The van der Waals surface area contributed by atoms with Gasteiger partial charge < -0.3 is 10.2 Å². The second-order valence-electron chi connectivity index (χ2n) is 6.33. The van der Waals surface area contributed by atoms with Gasteiger partial charge in [-0.2, -0.15) is 12.7 Å². The van der Waals surface area contributed by atoms with E-state index in [1.807, 2.05) is 12.1 Å². The van der Waals surface area contributed by atoms with Crippen molar-refractivity contribution in [1.29, 1.82) is 0 Å². The highest BCUT2D eigenvalue weighted by atomic mass is 32.2. The van der Waals surface area contributed by atoms with Gasteiger partial charge in [-0.05, 0) is 61.4 Å². The molecular formula is C18H24N4O2S. The zero-order valence-electron chi connectivity index (χ0n) is 14.6. The zero-order valence-corrected chi connectivity index (χ0v) is 15.4. The third kappa shape index (κ3) is 4.43. The molecule has 134 valence electrons. The number of hydrogen-bond acceptors (Lipinski definition) is 4. The van der Waals surface area contributed by atoms with E-state index < -0.39 is 10.2 Å². The Hall–Kier alpha value is -2.25.